The van der Waals surface area contributed by atoms with Crippen LogP contribution in [0.25, 0.3) is 0 Å². The van der Waals surface area contributed by atoms with Crippen LogP contribution < -0.4 is 5.32 Å². The molecule has 0 amide bonds. The lowest BCUT2D eigenvalue weighted by atomic mass is 9.86. The maximum atomic E-state index is 9.93. The van der Waals surface area contributed by atoms with Crippen LogP contribution in [0.5, 0.6) is 0 Å². The van der Waals surface area contributed by atoms with Gasteiger partial charge < -0.3 is 10.4 Å². The van der Waals surface area contributed by atoms with Gasteiger partial charge in [0.1, 0.15) is 0 Å². The van der Waals surface area contributed by atoms with Crippen LogP contribution in [0.3, 0.4) is 0 Å². The highest BCUT2D eigenvalue weighted by atomic mass is 16.3. The Labute approximate surface area is 82.7 Å². The number of hydrogen-bond donors (Lipinski definition) is 2. The molecule has 0 saturated heterocycles. The van der Waals surface area contributed by atoms with E-state index in [0.717, 1.165) is 12.8 Å². The first-order valence-corrected chi connectivity index (χ1v) is 5.18. The molecule has 0 aliphatic carbocycles. The predicted octanol–water partition coefficient (Wildman–Crippen LogP) is 2.31. The second kappa shape index (κ2) is 4.43. The summed E-state index contributed by atoms with van der Waals surface area (Å²) in [6.07, 6.45) is 1.59. The molecule has 1 atom stereocenters. The molecule has 0 rings (SSSR count). The monoisotopic (exact) mass is 187 g/mol. The number of aliphatic hydroxyl groups is 1. The number of hydrogen-bond acceptors (Lipinski definition) is 2. The molecule has 0 fully saturated rings. The third kappa shape index (κ3) is 6.05. The van der Waals surface area contributed by atoms with Gasteiger partial charge in [-0.05, 0) is 33.6 Å². The smallest absolute Gasteiger partial charge is 0.0634 e. The summed E-state index contributed by atoms with van der Waals surface area (Å²) in [5.74, 6) is 0. The van der Waals surface area contributed by atoms with Crippen molar-refractivity contribution in [1.29, 1.82) is 0 Å². The summed E-state index contributed by atoms with van der Waals surface area (Å²) in [7, 11) is 0. The molecular weight excluding hydrogens is 162 g/mol. The second-order valence-electron chi connectivity index (χ2n) is 5.21. The van der Waals surface area contributed by atoms with E-state index >= 15 is 0 Å². The molecule has 0 aromatic heterocycles. The van der Waals surface area contributed by atoms with Gasteiger partial charge in [-0.25, -0.2) is 0 Å². The summed E-state index contributed by atoms with van der Waals surface area (Å²) in [5.41, 5.74) is -0.543. The zero-order valence-electron chi connectivity index (χ0n) is 9.94. The van der Waals surface area contributed by atoms with E-state index in [0.29, 0.717) is 6.04 Å². The van der Waals surface area contributed by atoms with E-state index in [4.69, 9.17) is 0 Å². The highest BCUT2D eigenvalue weighted by molar-refractivity contribution is 4.87. The molecule has 0 saturated carbocycles. The van der Waals surface area contributed by atoms with E-state index in [1.165, 1.54) is 0 Å². The van der Waals surface area contributed by atoms with Crippen molar-refractivity contribution in [2.24, 2.45) is 0 Å². The molecule has 2 nitrogen and oxygen atoms in total. The van der Waals surface area contributed by atoms with Crippen molar-refractivity contribution in [3.8, 4) is 0 Å². The minimum Gasteiger partial charge on any atom is -0.390 e. The Kier molecular flexibility index (Phi) is 4.40. The summed E-state index contributed by atoms with van der Waals surface area (Å²) in [6, 6.07) is 0.461. The fourth-order valence-corrected chi connectivity index (χ4v) is 1.91. The van der Waals surface area contributed by atoms with Crippen molar-refractivity contribution < 1.29 is 5.11 Å². The van der Waals surface area contributed by atoms with Crippen LogP contribution in [0, 0.1) is 0 Å². The first kappa shape index (κ1) is 12.9. The van der Waals surface area contributed by atoms with E-state index in [9.17, 15) is 5.11 Å². The summed E-state index contributed by atoms with van der Waals surface area (Å²) in [4.78, 5) is 0. The van der Waals surface area contributed by atoms with E-state index in [1.807, 2.05) is 13.8 Å². The van der Waals surface area contributed by atoms with Gasteiger partial charge in [0, 0.05) is 11.6 Å². The zero-order valence-corrected chi connectivity index (χ0v) is 9.94. The molecule has 13 heavy (non-hydrogen) atoms. The lowest BCUT2D eigenvalue weighted by molar-refractivity contribution is 0.0211. The molecule has 2 N–H and O–H groups in total. The van der Waals surface area contributed by atoms with Crippen LogP contribution in [0.15, 0.2) is 0 Å². The Morgan fingerprint density at radius 3 is 2.00 bits per heavy atom. The number of nitrogens with one attached hydrogen (secondary N) is 1. The van der Waals surface area contributed by atoms with E-state index in [1.54, 1.807) is 0 Å². The molecule has 0 aromatic carbocycles. The van der Waals surface area contributed by atoms with E-state index in [-0.39, 0.29) is 5.54 Å². The Bertz CT molecular complexity index is 150. The summed E-state index contributed by atoms with van der Waals surface area (Å²) >= 11 is 0. The lowest BCUT2D eigenvalue weighted by Gasteiger charge is -2.35. The van der Waals surface area contributed by atoms with E-state index < -0.39 is 5.60 Å². The molecule has 2 heteroatoms. The van der Waals surface area contributed by atoms with Gasteiger partial charge in [0.05, 0.1) is 5.60 Å². The normalized spacial score (nSPS) is 17.5. The molecule has 0 aliphatic heterocycles. The SMILES string of the molecule is CCC(C)(O)CC(C)(C)NC(C)C. The average Bonchev–Trinajstić information content (AvgIpc) is 1.81. The van der Waals surface area contributed by atoms with Gasteiger partial charge >= 0.3 is 0 Å². The van der Waals surface area contributed by atoms with Crippen LogP contribution >= 0.6 is 0 Å². The van der Waals surface area contributed by atoms with Crippen molar-refractivity contribution in [1.82, 2.24) is 5.32 Å². The van der Waals surface area contributed by atoms with Gasteiger partial charge in [0.2, 0.25) is 0 Å². The topological polar surface area (TPSA) is 32.3 Å². The third-order valence-electron chi connectivity index (χ3n) is 2.26. The molecule has 0 aromatic rings. The van der Waals surface area contributed by atoms with Crippen LogP contribution in [-0.4, -0.2) is 22.3 Å². The standard InChI is InChI=1S/C11H25NO/c1-7-11(6,13)8-10(4,5)12-9(2)3/h9,12-13H,7-8H2,1-6H3. The fourth-order valence-electron chi connectivity index (χ4n) is 1.91. The number of rotatable bonds is 5. The third-order valence-corrected chi connectivity index (χ3v) is 2.26. The van der Waals surface area contributed by atoms with Gasteiger partial charge in [0.25, 0.3) is 0 Å². The molecule has 0 bridgehead atoms. The highest BCUT2D eigenvalue weighted by Crippen LogP contribution is 2.23. The lowest BCUT2D eigenvalue weighted by Crippen LogP contribution is -2.48. The maximum absolute atomic E-state index is 9.93. The molecule has 0 spiro atoms. The molecule has 0 radical (unpaired) electrons. The van der Waals surface area contributed by atoms with Crippen LogP contribution in [0.1, 0.15) is 54.4 Å². The van der Waals surface area contributed by atoms with Crippen molar-refractivity contribution in [3.05, 3.63) is 0 Å². The van der Waals surface area contributed by atoms with Crippen LogP contribution in [-0.2, 0) is 0 Å². The van der Waals surface area contributed by atoms with Gasteiger partial charge in [0.15, 0.2) is 0 Å². The molecule has 1 unspecified atom stereocenters. The van der Waals surface area contributed by atoms with Gasteiger partial charge in [-0.15, -0.1) is 0 Å². The van der Waals surface area contributed by atoms with Crippen LogP contribution in [0.4, 0.5) is 0 Å². The van der Waals surface area contributed by atoms with E-state index in [2.05, 4.69) is 33.0 Å². The van der Waals surface area contributed by atoms with Crippen LogP contribution in [0.2, 0.25) is 0 Å². The minimum atomic E-state index is -0.550. The zero-order chi connectivity index (χ0) is 10.7. The first-order chi connectivity index (χ1) is 5.68. The molecular formula is C11H25NO. The quantitative estimate of drug-likeness (QED) is 0.692. The minimum absolute atomic E-state index is 0.00762. The van der Waals surface area contributed by atoms with Gasteiger partial charge in [-0.1, -0.05) is 20.8 Å². The maximum Gasteiger partial charge on any atom is 0.0634 e. The second-order valence-corrected chi connectivity index (χ2v) is 5.21. The Hall–Kier alpha value is -0.0800. The Morgan fingerprint density at radius 2 is 1.69 bits per heavy atom. The molecule has 80 valence electrons. The summed E-state index contributed by atoms with van der Waals surface area (Å²) in [5, 5.41) is 13.4. The average molecular weight is 187 g/mol. The van der Waals surface area contributed by atoms with Crippen molar-refractivity contribution in [2.45, 2.75) is 71.6 Å². The van der Waals surface area contributed by atoms with Gasteiger partial charge in [-0.2, -0.15) is 0 Å². The first-order valence-electron chi connectivity index (χ1n) is 5.18. The van der Waals surface area contributed by atoms with Crippen molar-refractivity contribution >= 4 is 0 Å². The molecule has 0 heterocycles. The summed E-state index contributed by atoms with van der Waals surface area (Å²) in [6.45, 7) is 12.4. The predicted molar refractivity (Wildman–Crippen MR) is 57.9 cm³/mol. The largest absolute Gasteiger partial charge is 0.390 e. The van der Waals surface area contributed by atoms with Crippen molar-refractivity contribution in [2.75, 3.05) is 0 Å². The molecule has 0 aliphatic rings. The highest BCUT2D eigenvalue weighted by Gasteiger charge is 2.29. The Morgan fingerprint density at radius 1 is 1.23 bits per heavy atom. The van der Waals surface area contributed by atoms with Gasteiger partial charge in [-0.3, -0.25) is 0 Å². The Balaban J connectivity index is 4.16. The van der Waals surface area contributed by atoms with Crippen molar-refractivity contribution in [3.63, 3.8) is 0 Å². The fraction of sp³-hybridized carbons (Fsp3) is 1.00. The summed E-state index contributed by atoms with van der Waals surface area (Å²) < 4.78 is 0.